The molecule has 0 saturated carbocycles. The van der Waals surface area contributed by atoms with Crippen molar-refractivity contribution in [1.29, 1.82) is 0 Å². The molecule has 1 amide bonds. The van der Waals surface area contributed by atoms with Crippen molar-refractivity contribution in [3.63, 3.8) is 0 Å². The Balaban J connectivity index is 1.86. The Kier molecular flexibility index (Phi) is 7.17. The summed E-state index contributed by atoms with van der Waals surface area (Å²) in [5, 5.41) is 5.97. The molecule has 0 aromatic heterocycles. The quantitative estimate of drug-likeness (QED) is 0.643. The van der Waals surface area contributed by atoms with Gasteiger partial charge in [0, 0.05) is 10.2 Å². The minimum absolute atomic E-state index is 0.0961. The van der Waals surface area contributed by atoms with Crippen LogP contribution in [0.3, 0.4) is 0 Å². The summed E-state index contributed by atoms with van der Waals surface area (Å²) in [7, 11) is 0. The topological polar surface area (TPSA) is 50.4 Å². The van der Waals surface area contributed by atoms with Crippen LogP contribution in [0.5, 0.6) is 5.75 Å². The Morgan fingerprint density at radius 2 is 1.73 bits per heavy atom. The number of hydrogen-bond acceptors (Lipinski definition) is 3. The lowest BCUT2D eigenvalue weighted by Crippen LogP contribution is -2.37. The van der Waals surface area contributed by atoms with Crippen LogP contribution < -0.4 is 15.4 Å². The second-order valence-electron chi connectivity index (χ2n) is 6.43. The molecule has 2 N–H and O–H groups in total. The van der Waals surface area contributed by atoms with Gasteiger partial charge >= 0.3 is 0 Å². The maximum absolute atomic E-state index is 12.0. The lowest BCUT2D eigenvalue weighted by Gasteiger charge is -2.15. The Morgan fingerprint density at radius 1 is 1.15 bits per heavy atom. The van der Waals surface area contributed by atoms with Gasteiger partial charge in [-0.3, -0.25) is 10.1 Å². The van der Waals surface area contributed by atoms with Gasteiger partial charge in [-0.15, -0.1) is 0 Å². The van der Waals surface area contributed by atoms with E-state index in [1.54, 1.807) is 0 Å². The molecular formula is C20H23BrN2O2S. The van der Waals surface area contributed by atoms with Crippen molar-refractivity contribution in [3.05, 3.63) is 57.6 Å². The SMILES string of the molecule is Cc1cc(Br)cc(C)c1NC(=S)NC(=O)COc1ccc(C(C)C)cc1. The van der Waals surface area contributed by atoms with Crippen LogP contribution in [0.4, 0.5) is 5.69 Å². The zero-order valence-corrected chi connectivity index (χ0v) is 17.8. The van der Waals surface area contributed by atoms with Crippen molar-refractivity contribution >= 4 is 44.9 Å². The van der Waals surface area contributed by atoms with E-state index in [0.717, 1.165) is 21.3 Å². The summed E-state index contributed by atoms with van der Waals surface area (Å²) >= 11 is 8.69. The molecule has 26 heavy (non-hydrogen) atoms. The third kappa shape index (κ3) is 5.81. The Labute approximate surface area is 168 Å². The minimum atomic E-state index is -0.303. The zero-order chi connectivity index (χ0) is 19.3. The van der Waals surface area contributed by atoms with Crippen molar-refractivity contribution in [1.82, 2.24) is 5.32 Å². The predicted molar refractivity (Wildman–Crippen MR) is 114 cm³/mol. The van der Waals surface area contributed by atoms with Crippen LogP contribution in [0, 0.1) is 13.8 Å². The average molecular weight is 435 g/mol. The van der Waals surface area contributed by atoms with Crippen molar-refractivity contribution in [2.45, 2.75) is 33.6 Å². The zero-order valence-electron chi connectivity index (χ0n) is 15.4. The van der Waals surface area contributed by atoms with E-state index in [2.05, 4.69) is 40.4 Å². The molecular weight excluding hydrogens is 412 g/mol. The van der Waals surface area contributed by atoms with Gasteiger partial charge in [0.15, 0.2) is 11.7 Å². The van der Waals surface area contributed by atoms with Gasteiger partial charge in [0.1, 0.15) is 5.75 Å². The third-order valence-electron chi connectivity index (χ3n) is 3.91. The molecule has 0 saturated heterocycles. The van der Waals surface area contributed by atoms with Crippen LogP contribution in [0.1, 0.15) is 36.5 Å². The van der Waals surface area contributed by atoms with E-state index < -0.39 is 0 Å². The second-order valence-corrected chi connectivity index (χ2v) is 7.75. The highest BCUT2D eigenvalue weighted by Gasteiger charge is 2.10. The summed E-state index contributed by atoms with van der Waals surface area (Å²) in [6, 6.07) is 11.7. The van der Waals surface area contributed by atoms with Gasteiger partial charge in [-0.2, -0.15) is 0 Å². The van der Waals surface area contributed by atoms with Crippen LogP contribution in [-0.4, -0.2) is 17.6 Å². The minimum Gasteiger partial charge on any atom is -0.484 e. The number of anilines is 1. The van der Waals surface area contributed by atoms with E-state index in [-0.39, 0.29) is 17.6 Å². The molecule has 0 spiro atoms. The summed E-state index contributed by atoms with van der Waals surface area (Å²) in [5.74, 6) is 0.812. The largest absolute Gasteiger partial charge is 0.484 e. The van der Waals surface area contributed by atoms with Crippen LogP contribution in [0.2, 0.25) is 0 Å². The summed E-state index contributed by atoms with van der Waals surface area (Å²) in [6.07, 6.45) is 0. The molecule has 0 aliphatic carbocycles. The number of amides is 1. The molecule has 0 atom stereocenters. The fourth-order valence-corrected chi connectivity index (χ4v) is 3.42. The standard InChI is InChI=1S/C20H23BrN2O2S/c1-12(2)15-5-7-17(8-6-15)25-11-18(24)22-20(26)23-19-13(3)9-16(21)10-14(19)4/h5-10,12H,11H2,1-4H3,(H2,22,23,24,26). The van der Waals surface area contributed by atoms with E-state index in [9.17, 15) is 4.79 Å². The Bertz CT molecular complexity index is 781. The van der Waals surface area contributed by atoms with Crippen LogP contribution in [0.25, 0.3) is 0 Å². The number of nitrogens with one attached hydrogen (secondary N) is 2. The summed E-state index contributed by atoms with van der Waals surface area (Å²) in [4.78, 5) is 12.0. The predicted octanol–water partition coefficient (Wildman–Crippen LogP) is 5.08. The maximum atomic E-state index is 12.0. The molecule has 0 fully saturated rings. The third-order valence-corrected chi connectivity index (χ3v) is 4.57. The van der Waals surface area contributed by atoms with E-state index in [1.165, 1.54) is 5.56 Å². The Hall–Kier alpha value is -1.92. The number of ether oxygens (including phenoxy) is 1. The maximum Gasteiger partial charge on any atom is 0.264 e. The van der Waals surface area contributed by atoms with E-state index in [1.807, 2.05) is 50.2 Å². The Morgan fingerprint density at radius 3 is 2.27 bits per heavy atom. The van der Waals surface area contributed by atoms with Crippen molar-refractivity contribution in [2.24, 2.45) is 0 Å². The van der Waals surface area contributed by atoms with Gasteiger partial charge in [-0.1, -0.05) is 41.9 Å². The first-order valence-corrected chi connectivity index (χ1v) is 9.56. The number of rotatable bonds is 5. The lowest BCUT2D eigenvalue weighted by molar-refractivity contribution is -0.121. The van der Waals surface area contributed by atoms with Gasteiger partial charge < -0.3 is 10.1 Å². The molecule has 0 radical (unpaired) electrons. The smallest absolute Gasteiger partial charge is 0.264 e. The molecule has 2 aromatic rings. The van der Waals surface area contributed by atoms with Crippen LogP contribution >= 0.6 is 28.1 Å². The number of benzene rings is 2. The fourth-order valence-electron chi connectivity index (χ4n) is 2.51. The lowest BCUT2D eigenvalue weighted by atomic mass is 10.0. The molecule has 0 aliphatic heterocycles. The van der Waals surface area contributed by atoms with E-state index in [4.69, 9.17) is 17.0 Å². The number of thiocarbonyl (C=S) groups is 1. The highest BCUT2D eigenvalue weighted by Crippen LogP contribution is 2.25. The van der Waals surface area contributed by atoms with Gasteiger partial charge in [0.05, 0.1) is 0 Å². The molecule has 0 aliphatic rings. The normalized spacial score (nSPS) is 10.5. The van der Waals surface area contributed by atoms with E-state index in [0.29, 0.717) is 11.7 Å². The van der Waals surface area contributed by atoms with Crippen LogP contribution in [-0.2, 0) is 4.79 Å². The first kappa shape index (κ1) is 20.4. The molecule has 0 heterocycles. The van der Waals surface area contributed by atoms with Gasteiger partial charge in [0.2, 0.25) is 0 Å². The number of aryl methyl sites for hydroxylation is 2. The summed E-state index contributed by atoms with van der Waals surface area (Å²) in [6.45, 7) is 8.13. The highest BCUT2D eigenvalue weighted by atomic mass is 79.9. The van der Waals surface area contributed by atoms with E-state index >= 15 is 0 Å². The van der Waals surface area contributed by atoms with Gasteiger partial charge in [0.25, 0.3) is 5.91 Å². The number of carbonyl (C=O) groups is 1. The molecule has 2 aromatic carbocycles. The molecule has 4 nitrogen and oxygen atoms in total. The highest BCUT2D eigenvalue weighted by molar-refractivity contribution is 9.10. The second kappa shape index (κ2) is 9.14. The van der Waals surface area contributed by atoms with Gasteiger partial charge in [-0.05, 0) is 72.9 Å². The summed E-state index contributed by atoms with van der Waals surface area (Å²) in [5.41, 5.74) is 4.20. The molecule has 0 unspecified atom stereocenters. The van der Waals surface area contributed by atoms with Crippen LogP contribution in [0.15, 0.2) is 40.9 Å². The van der Waals surface area contributed by atoms with Crippen molar-refractivity contribution in [2.75, 3.05) is 11.9 Å². The number of hydrogen-bond donors (Lipinski definition) is 2. The first-order chi connectivity index (χ1) is 12.3. The summed E-state index contributed by atoms with van der Waals surface area (Å²) < 4.78 is 6.52. The van der Waals surface area contributed by atoms with Crippen molar-refractivity contribution < 1.29 is 9.53 Å². The first-order valence-electron chi connectivity index (χ1n) is 8.36. The average Bonchev–Trinajstić information content (AvgIpc) is 2.56. The number of carbonyl (C=O) groups excluding carboxylic acids is 1. The molecule has 138 valence electrons. The molecule has 6 heteroatoms. The molecule has 0 bridgehead atoms. The molecule has 2 rings (SSSR count). The fraction of sp³-hybridized carbons (Fsp3) is 0.300. The number of halogens is 1. The van der Waals surface area contributed by atoms with Crippen molar-refractivity contribution in [3.8, 4) is 5.75 Å². The monoisotopic (exact) mass is 434 g/mol. The van der Waals surface area contributed by atoms with Gasteiger partial charge in [-0.25, -0.2) is 0 Å².